The minimum atomic E-state index is 0.846. The van der Waals surface area contributed by atoms with Gasteiger partial charge in [0.2, 0.25) is 0 Å². The summed E-state index contributed by atoms with van der Waals surface area (Å²) in [6, 6.07) is 8.22. The van der Waals surface area contributed by atoms with Gasteiger partial charge < -0.3 is 5.32 Å². The summed E-state index contributed by atoms with van der Waals surface area (Å²) in [6.45, 7) is 5.95. The van der Waals surface area contributed by atoms with E-state index in [9.17, 15) is 0 Å². The predicted octanol–water partition coefficient (Wildman–Crippen LogP) is 3.34. The summed E-state index contributed by atoms with van der Waals surface area (Å²) >= 11 is 0. The number of hydrogen-bond donors (Lipinski definition) is 1. The zero-order valence-electron chi connectivity index (χ0n) is 12.4. The van der Waals surface area contributed by atoms with E-state index in [0.717, 1.165) is 47.4 Å². The topological polar surface area (TPSA) is 55.6 Å². The van der Waals surface area contributed by atoms with E-state index in [1.165, 1.54) is 0 Å². The molecule has 3 rings (SSSR count). The Hall–Kier alpha value is -2.43. The smallest absolute Gasteiger partial charge is 0.156 e. The molecule has 0 saturated heterocycles. The van der Waals surface area contributed by atoms with Crippen molar-refractivity contribution < 1.29 is 0 Å². The molecule has 21 heavy (non-hydrogen) atoms. The van der Waals surface area contributed by atoms with Crippen LogP contribution in [0.4, 0.5) is 5.82 Å². The summed E-state index contributed by atoms with van der Waals surface area (Å²) < 4.78 is 1.90. The van der Waals surface area contributed by atoms with Crippen LogP contribution in [0, 0.1) is 0 Å². The highest BCUT2D eigenvalue weighted by Crippen LogP contribution is 2.29. The molecular weight excluding hydrogens is 262 g/mol. The Morgan fingerprint density at radius 3 is 2.62 bits per heavy atom. The molecule has 0 fully saturated rings. The summed E-state index contributed by atoms with van der Waals surface area (Å²) in [5, 5.41) is 18.6. The van der Waals surface area contributed by atoms with Crippen molar-refractivity contribution in [2.75, 3.05) is 11.9 Å². The van der Waals surface area contributed by atoms with Crippen molar-refractivity contribution in [1.29, 1.82) is 0 Å². The standard InChI is InChI=1S/C16H19N5/c1-3-9-17-16-14-8-6-5-7-13(14)15(19-20-16)12-10-18-21(4-2)11-12/h5-8,10-11H,3-4,9H2,1-2H3,(H,17,20). The molecule has 2 heterocycles. The number of fused-ring (bicyclic) bond motifs is 1. The lowest BCUT2D eigenvalue weighted by Gasteiger charge is -2.09. The molecule has 0 unspecified atom stereocenters. The Kier molecular flexibility index (Phi) is 3.81. The number of anilines is 1. The molecule has 5 nitrogen and oxygen atoms in total. The van der Waals surface area contributed by atoms with Gasteiger partial charge in [-0.2, -0.15) is 5.10 Å². The fraction of sp³-hybridized carbons (Fsp3) is 0.312. The summed E-state index contributed by atoms with van der Waals surface area (Å²) in [6.07, 6.45) is 4.91. The lowest BCUT2D eigenvalue weighted by Crippen LogP contribution is -2.04. The Morgan fingerprint density at radius 1 is 1.10 bits per heavy atom. The molecule has 0 spiro atoms. The third kappa shape index (κ3) is 2.59. The monoisotopic (exact) mass is 281 g/mol. The van der Waals surface area contributed by atoms with Crippen LogP contribution in [0.5, 0.6) is 0 Å². The predicted molar refractivity (Wildman–Crippen MR) is 85.2 cm³/mol. The Bertz CT molecular complexity index is 747. The molecule has 0 aliphatic carbocycles. The molecule has 0 saturated carbocycles. The average molecular weight is 281 g/mol. The highest BCUT2D eigenvalue weighted by Gasteiger charge is 2.11. The second-order valence-electron chi connectivity index (χ2n) is 4.95. The first-order chi connectivity index (χ1) is 10.3. The quantitative estimate of drug-likeness (QED) is 0.779. The van der Waals surface area contributed by atoms with Crippen LogP contribution in [-0.4, -0.2) is 26.5 Å². The normalized spacial score (nSPS) is 11.0. The van der Waals surface area contributed by atoms with Crippen LogP contribution in [0.25, 0.3) is 22.0 Å². The molecule has 3 aromatic rings. The van der Waals surface area contributed by atoms with Crippen LogP contribution in [0.1, 0.15) is 20.3 Å². The molecule has 0 aliphatic rings. The molecule has 0 amide bonds. The van der Waals surface area contributed by atoms with Crippen LogP contribution >= 0.6 is 0 Å². The highest BCUT2D eigenvalue weighted by atomic mass is 15.3. The third-order valence-electron chi connectivity index (χ3n) is 3.46. The van der Waals surface area contributed by atoms with Gasteiger partial charge in [0, 0.05) is 35.6 Å². The number of nitrogens with one attached hydrogen (secondary N) is 1. The van der Waals surface area contributed by atoms with E-state index in [4.69, 9.17) is 0 Å². The summed E-state index contributed by atoms with van der Waals surface area (Å²) in [5.41, 5.74) is 1.88. The van der Waals surface area contributed by atoms with Crippen LogP contribution in [0.2, 0.25) is 0 Å². The average Bonchev–Trinajstić information content (AvgIpc) is 3.01. The lowest BCUT2D eigenvalue weighted by molar-refractivity contribution is 0.660. The van der Waals surface area contributed by atoms with Gasteiger partial charge in [0.25, 0.3) is 0 Å². The second-order valence-corrected chi connectivity index (χ2v) is 4.95. The van der Waals surface area contributed by atoms with Crippen LogP contribution in [0.15, 0.2) is 36.7 Å². The number of benzene rings is 1. The van der Waals surface area contributed by atoms with Gasteiger partial charge in [0.1, 0.15) is 5.69 Å². The summed E-state index contributed by atoms with van der Waals surface area (Å²) in [7, 11) is 0. The maximum absolute atomic E-state index is 4.41. The van der Waals surface area contributed by atoms with Crippen molar-refractivity contribution in [2.45, 2.75) is 26.8 Å². The minimum Gasteiger partial charge on any atom is -0.368 e. The SMILES string of the molecule is CCCNc1nnc(-c2cnn(CC)c2)c2ccccc12. The Labute approximate surface area is 124 Å². The number of rotatable bonds is 5. The van der Waals surface area contributed by atoms with Crippen molar-refractivity contribution in [3.63, 3.8) is 0 Å². The molecule has 108 valence electrons. The second kappa shape index (κ2) is 5.91. The molecule has 5 heteroatoms. The number of aryl methyl sites for hydroxylation is 1. The van der Waals surface area contributed by atoms with E-state index in [-0.39, 0.29) is 0 Å². The lowest BCUT2D eigenvalue weighted by atomic mass is 10.1. The maximum Gasteiger partial charge on any atom is 0.156 e. The first-order valence-corrected chi connectivity index (χ1v) is 7.35. The fourth-order valence-electron chi connectivity index (χ4n) is 2.35. The van der Waals surface area contributed by atoms with Crippen LogP contribution < -0.4 is 5.32 Å². The maximum atomic E-state index is 4.41. The number of nitrogens with zero attached hydrogens (tertiary/aromatic N) is 4. The molecule has 2 aromatic heterocycles. The van der Waals surface area contributed by atoms with Crippen molar-refractivity contribution in [1.82, 2.24) is 20.0 Å². The molecule has 0 bridgehead atoms. The Morgan fingerprint density at radius 2 is 1.90 bits per heavy atom. The molecule has 0 aliphatic heterocycles. The molecular formula is C16H19N5. The van der Waals surface area contributed by atoms with E-state index in [1.54, 1.807) is 0 Å². The van der Waals surface area contributed by atoms with Gasteiger partial charge in [-0.25, -0.2) is 0 Å². The van der Waals surface area contributed by atoms with Gasteiger partial charge in [-0.3, -0.25) is 4.68 Å². The molecule has 0 atom stereocenters. The van der Waals surface area contributed by atoms with Crippen LogP contribution in [-0.2, 0) is 6.54 Å². The van der Waals surface area contributed by atoms with Crippen molar-refractivity contribution in [3.05, 3.63) is 36.7 Å². The van der Waals surface area contributed by atoms with Crippen molar-refractivity contribution in [3.8, 4) is 11.3 Å². The van der Waals surface area contributed by atoms with Gasteiger partial charge in [0.15, 0.2) is 5.82 Å². The van der Waals surface area contributed by atoms with Gasteiger partial charge in [-0.05, 0) is 13.3 Å². The zero-order valence-corrected chi connectivity index (χ0v) is 12.4. The van der Waals surface area contributed by atoms with Gasteiger partial charge in [-0.15, -0.1) is 10.2 Å². The molecule has 1 N–H and O–H groups in total. The largest absolute Gasteiger partial charge is 0.368 e. The first kappa shape index (κ1) is 13.5. The number of hydrogen-bond acceptors (Lipinski definition) is 4. The van der Waals surface area contributed by atoms with Gasteiger partial charge in [0.05, 0.1) is 6.20 Å². The fourth-order valence-corrected chi connectivity index (χ4v) is 2.35. The van der Waals surface area contributed by atoms with Crippen molar-refractivity contribution in [2.24, 2.45) is 0 Å². The third-order valence-corrected chi connectivity index (χ3v) is 3.46. The van der Waals surface area contributed by atoms with Gasteiger partial charge >= 0.3 is 0 Å². The van der Waals surface area contributed by atoms with E-state index >= 15 is 0 Å². The van der Waals surface area contributed by atoms with E-state index in [1.807, 2.05) is 29.2 Å². The van der Waals surface area contributed by atoms with E-state index < -0.39 is 0 Å². The molecule has 0 radical (unpaired) electrons. The van der Waals surface area contributed by atoms with E-state index in [0.29, 0.717) is 0 Å². The zero-order chi connectivity index (χ0) is 14.7. The van der Waals surface area contributed by atoms with Gasteiger partial charge in [-0.1, -0.05) is 31.2 Å². The summed E-state index contributed by atoms with van der Waals surface area (Å²) in [5.74, 6) is 0.846. The Balaban J connectivity index is 2.12. The molecule has 1 aromatic carbocycles. The highest BCUT2D eigenvalue weighted by molar-refractivity contribution is 5.99. The van der Waals surface area contributed by atoms with Crippen LogP contribution in [0.3, 0.4) is 0 Å². The van der Waals surface area contributed by atoms with Crippen molar-refractivity contribution >= 4 is 16.6 Å². The summed E-state index contributed by atoms with van der Waals surface area (Å²) in [4.78, 5) is 0. The minimum absolute atomic E-state index is 0.846. The number of aromatic nitrogens is 4. The first-order valence-electron chi connectivity index (χ1n) is 7.35. The van der Waals surface area contributed by atoms with E-state index in [2.05, 4.69) is 46.6 Å².